The quantitative estimate of drug-likeness (QED) is 0.800. The van der Waals surface area contributed by atoms with Crippen LogP contribution in [0, 0.1) is 5.92 Å². The molecule has 2 aliphatic rings. The number of nitrogens with zero attached hydrogens (tertiary/aromatic N) is 6. The average molecular weight is 335 g/mol. The number of likely N-dealkylation sites (N-methyl/N-ethyl adjacent to an activating group) is 1. The first-order chi connectivity index (χ1) is 11.7. The molecule has 6 heteroatoms. The summed E-state index contributed by atoms with van der Waals surface area (Å²) < 4.78 is 2.18. The summed E-state index contributed by atoms with van der Waals surface area (Å²) in [5.41, 5.74) is 0. The van der Waals surface area contributed by atoms with Crippen molar-refractivity contribution in [2.24, 2.45) is 5.92 Å². The highest BCUT2D eigenvalue weighted by atomic mass is 15.6. The molecule has 0 N–H and O–H groups in total. The van der Waals surface area contributed by atoms with Crippen molar-refractivity contribution >= 4 is 0 Å². The lowest BCUT2D eigenvalue weighted by molar-refractivity contribution is 0.0815. The predicted molar refractivity (Wildman–Crippen MR) is 95.8 cm³/mol. The molecular formula is C18H34N6. The van der Waals surface area contributed by atoms with Crippen LogP contribution in [0.15, 0.2) is 0 Å². The van der Waals surface area contributed by atoms with E-state index in [4.69, 9.17) is 0 Å². The Kier molecular flexibility index (Phi) is 6.22. The van der Waals surface area contributed by atoms with E-state index in [1.807, 2.05) is 0 Å². The molecule has 24 heavy (non-hydrogen) atoms. The van der Waals surface area contributed by atoms with Crippen molar-refractivity contribution in [3.63, 3.8) is 0 Å². The van der Waals surface area contributed by atoms with Crippen LogP contribution in [-0.4, -0.2) is 62.7 Å². The standard InChI is InChI=1S/C18H34N6/c1-4-22-10-12-23(13-11-22)17(14-15(2)3)18-19-20-21-24(18)16-8-6-5-7-9-16/h15-17H,4-14H2,1-3H3. The van der Waals surface area contributed by atoms with Crippen LogP contribution in [0.2, 0.25) is 0 Å². The van der Waals surface area contributed by atoms with Gasteiger partial charge in [-0.3, -0.25) is 4.90 Å². The molecule has 136 valence electrons. The van der Waals surface area contributed by atoms with E-state index in [0.717, 1.165) is 45.0 Å². The van der Waals surface area contributed by atoms with Gasteiger partial charge in [0.25, 0.3) is 0 Å². The summed E-state index contributed by atoms with van der Waals surface area (Å²) in [5.74, 6) is 1.76. The van der Waals surface area contributed by atoms with Crippen molar-refractivity contribution < 1.29 is 0 Å². The number of tetrazole rings is 1. The van der Waals surface area contributed by atoms with Gasteiger partial charge in [-0.2, -0.15) is 0 Å². The van der Waals surface area contributed by atoms with Gasteiger partial charge in [-0.25, -0.2) is 4.68 Å². The molecule has 0 aromatic carbocycles. The second kappa shape index (κ2) is 8.39. The van der Waals surface area contributed by atoms with Gasteiger partial charge in [0, 0.05) is 26.2 Å². The molecule has 2 fully saturated rings. The Labute approximate surface area is 146 Å². The van der Waals surface area contributed by atoms with Gasteiger partial charge in [-0.15, -0.1) is 5.10 Å². The van der Waals surface area contributed by atoms with Crippen molar-refractivity contribution in [3.8, 4) is 0 Å². The summed E-state index contributed by atoms with van der Waals surface area (Å²) in [5, 5.41) is 13.0. The molecule has 6 nitrogen and oxygen atoms in total. The van der Waals surface area contributed by atoms with Crippen LogP contribution in [0.25, 0.3) is 0 Å². The van der Waals surface area contributed by atoms with Crippen LogP contribution < -0.4 is 0 Å². The normalized spacial score (nSPS) is 23.0. The van der Waals surface area contributed by atoms with Crippen molar-refractivity contribution in [2.75, 3.05) is 32.7 Å². The molecular weight excluding hydrogens is 300 g/mol. The lowest BCUT2D eigenvalue weighted by atomic mass is 9.94. The third kappa shape index (κ3) is 4.14. The van der Waals surface area contributed by atoms with E-state index < -0.39 is 0 Å². The maximum atomic E-state index is 4.51. The lowest BCUT2D eigenvalue weighted by Gasteiger charge is -2.39. The monoisotopic (exact) mass is 334 g/mol. The number of hydrogen-bond donors (Lipinski definition) is 0. The summed E-state index contributed by atoms with van der Waals surface area (Å²) in [4.78, 5) is 5.16. The Bertz CT molecular complexity index is 485. The maximum absolute atomic E-state index is 4.51. The van der Waals surface area contributed by atoms with Gasteiger partial charge in [-0.05, 0) is 42.2 Å². The molecule has 1 aliphatic carbocycles. The predicted octanol–water partition coefficient (Wildman–Crippen LogP) is 2.90. The number of hydrogen-bond acceptors (Lipinski definition) is 5. The van der Waals surface area contributed by atoms with E-state index in [0.29, 0.717) is 18.0 Å². The van der Waals surface area contributed by atoms with Gasteiger partial charge >= 0.3 is 0 Å². The molecule has 3 rings (SSSR count). The van der Waals surface area contributed by atoms with E-state index in [-0.39, 0.29) is 0 Å². The fourth-order valence-corrected chi connectivity index (χ4v) is 4.26. The Morgan fingerprint density at radius 2 is 1.75 bits per heavy atom. The van der Waals surface area contributed by atoms with Gasteiger partial charge in [0.1, 0.15) is 0 Å². The van der Waals surface area contributed by atoms with Gasteiger partial charge in [0.2, 0.25) is 0 Å². The third-order valence-corrected chi connectivity index (χ3v) is 5.73. The fourth-order valence-electron chi connectivity index (χ4n) is 4.26. The minimum atomic E-state index is 0.362. The SMILES string of the molecule is CCN1CCN(C(CC(C)C)c2nnnn2C2CCCCC2)CC1. The minimum Gasteiger partial charge on any atom is -0.301 e. The summed E-state index contributed by atoms with van der Waals surface area (Å²) >= 11 is 0. The van der Waals surface area contributed by atoms with E-state index in [1.165, 1.54) is 32.1 Å². The van der Waals surface area contributed by atoms with Gasteiger partial charge in [0.15, 0.2) is 5.82 Å². The van der Waals surface area contributed by atoms with E-state index in [2.05, 4.69) is 50.8 Å². The third-order valence-electron chi connectivity index (χ3n) is 5.73. The molecule has 1 saturated heterocycles. The fraction of sp³-hybridized carbons (Fsp3) is 0.944. The molecule has 2 heterocycles. The molecule has 1 aliphatic heterocycles. The summed E-state index contributed by atoms with van der Waals surface area (Å²) in [6.45, 7) is 12.6. The second-order valence-electron chi connectivity index (χ2n) is 7.89. The molecule has 1 unspecified atom stereocenters. The van der Waals surface area contributed by atoms with Crippen LogP contribution in [-0.2, 0) is 0 Å². The highest BCUT2D eigenvalue weighted by molar-refractivity contribution is 4.97. The molecule has 0 amide bonds. The smallest absolute Gasteiger partial charge is 0.168 e. The van der Waals surface area contributed by atoms with Crippen molar-refractivity contribution in [1.29, 1.82) is 0 Å². The Morgan fingerprint density at radius 3 is 2.38 bits per heavy atom. The number of piperazine rings is 1. The van der Waals surface area contributed by atoms with Crippen LogP contribution in [0.5, 0.6) is 0 Å². The van der Waals surface area contributed by atoms with Crippen LogP contribution >= 0.6 is 0 Å². The molecule has 0 bridgehead atoms. The summed E-state index contributed by atoms with van der Waals surface area (Å²) in [6.07, 6.45) is 7.59. The Balaban J connectivity index is 1.77. The van der Waals surface area contributed by atoms with Crippen LogP contribution in [0.3, 0.4) is 0 Å². The Hall–Kier alpha value is -1.01. The van der Waals surface area contributed by atoms with Crippen molar-refractivity contribution in [2.45, 2.75) is 71.4 Å². The molecule has 1 atom stereocenters. The zero-order valence-corrected chi connectivity index (χ0v) is 15.7. The molecule has 0 spiro atoms. The topological polar surface area (TPSA) is 50.1 Å². The van der Waals surface area contributed by atoms with Gasteiger partial charge in [-0.1, -0.05) is 40.0 Å². The first-order valence-electron chi connectivity index (χ1n) is 9.93. The van der Waals surface area contributed by atoms with Gasteiger partial charge in [0.05, 0.1) is 12.1 Å². The second-order valence-corrected chi connectivity index (χ2v) is 7.89. The highest BCUT2D eigenvalue weighted by Crippen LogP contribution is 2.33. The van der Waals surface area contributed by atoms with E-state index in [1.54, 1.807) is 0 Å². The minimum absolute atomic E-state index is 0.362. The average Bonchev–Trinajstić information content (AvgIpc) is 3.10. The lowest BCUT2D eigenvalue weighted by Crippen LogP contribution is -2.48. The molecule has 1 aromatic rings. The first-order valence-corrected chi connectivity index (χ1v) is 9.93. The molecule has 1 aromatic heterocycles. The zero-order chi connectivity index (χ0) is 16.9. The summed E-state index contributed by atoms with van der Waals surface area (Å²) in [7, 11) is 0. The van der Waals surface area contributed by atoms with Crippen LogP contribution in [0.1, 0.15) is 77.2 Å². The van der Waals surface area contributed by atoms with E-state index >= 15 is 0 Å². The number of rotatable bonds is 6. The van der Waals surface area contributed by atoms with Crippen molar-refractivity contribution in [1.82, 2.24) is 30.0 Å². The molecule has 0 radical (unpaired) electrons. The highest BCUT2D eigenvalue weighted by Gasteiger charge is 2.31. The van der Waals surface area contributed by atoms with Crippen LogP contribution in [0.4, 0.5) is 0 Å². The number of aromatic nitrogens is 4. The first kappa shape index (κ1) is 17.8. The van der Waals surface area contributed by atoms with E-state index in [9.17, 15) is 0 Å². The molecule has 1 saturated carbocycles. The summed E-state index contributed by atoms with van der Waals surface area (Å²) in [6, 6.07) is 0.872. The van der Waals surface area contributed by atoms with Crippen molar-refractivity contribution in [3.05, 3.63) is 5.82 Å². The largest absolute Gasteiger partial charge is 0.301 e. The zero-order valence-electron chi connectivity index (χ0n) is 15.7. The van der Waals surface area contributed by atoms with Gasteiger partial charge < -0.3 is 4.90 Å². The maximum Gasteiger partial charge on any atom is 0.168 e. The Morgan fingerprint density at radius 1 is 1.04 bits per heavy atom.